The fourth-order valence-corrected chi connectivity index (χ4v) is 5.63. The van der Waals surface area contributed by atoms with Crippen LogP contribution in [0, 0.1) is 6.92 Å². The molecule has 0 radical (unpaired) electrons. The third-order valence-electron chi connectivity index (χ3n) is 6.08. The lowest BCUT2D eigenvalue weighted by molar-refractivity contribution is -0.173. The number of hydrogen-bond acceptors (Lipinski definition) is 8. The SMILES string of the molecule is CCOC(=O)c1sc(NC(=O)c2cc3n(n2)[C@@H](C(F)(F)F)C[C@H](c2ccc(Cl)c(Cl)c2)N3)c(C(=O)OCC)c1C. The van der Waals surface area contributed by atoms with Crippen molar-refractivity contribution in [3.63, 3.8) is 0 Å². The van der Waals surface area contributed by atoms with Crippen LogP contribution < -0.4 is 10.6 Å². The number of hydrogen-bond donors (Lipinski definition) is 2. The van der Waals surface area contributed by atoms with E-state index in [2.05, 4.69) is 15.7 Å². The van der Waals surface area contributed by atoms with Crippen molar-refractivity contribution >= 4 is 63.2 Å². The number of amides is 1. The summed E-state index contributed by atoms with van der Waals surface area (Å²) in [6, 6.07) is 2.86. The second kappa shape index (κ2) is 11.7. The first-order valence-corrected chi connectivity index (χ1v) is 13.6. The van der Waals surface area contributed by atoms with E-state index in [1.165, 1.54) is 25.1 Å². The van der Waals surface area contributed by atoms with Gasteiger partial charge in [-0.1, -0.05) is 29.3 Å². The summed E-state index contributed by atoms with van der Waals surface area (Å²) in [4.78, 5) is 38.3. The predicted octanol–water partition coefficient (Wildman–Crippen LogP) is 6.83. The van der Waals surface area contributed by atoms with Gasteiger partial charge < -0.3 is 20.1 Å². The molecule has 4 rings (SSSR count). The van der Waals surface area contributed by atoms with Crippen molar-refractivity contribution in [1.82, 2.24) is 9.78 Å². The van der Waals surface area contributed by atoms with Crippen molar-refractivity contribution in [3.8, 4) is 0 Å². The minimum absolute atomic E-state index is 0.0241. The fraction of sp³-hybridized carbons (Fsp3) is 0.360. The van der Waals surface area contributed by atoms with Crippen molar-refractivity contribution in [3.05, 3.63) is 61.6 Å². The van der Waals surface area contributed by atoms with Crippen LogP contribution in [0.5, 0.6) is 0 Å². The molecule has 1 aromatic carbocycles. The minimum Gasteiger partial charge on any atom is -0.462 e. The molecule has 0 bridgehead atoms. The molecule has 2 N–H and O–H groups in total. The highest BCUT2D eigenvalue weighted by molar-refractivity contribution is 7.18. The number of nitrogens with one attached hydrogen (secondary N) is 2. The highest BCUT2D eigenvalue weighted by Gasteiger charge is 2.47. The van der Waals surface area contributed by atoms with E-state index in [1.54, 1.807) is 19.9 Å². The maximum Gasteiger partial charge on any atom is 0.410 e. The van der Waals surface area contributed by atoms with Gasteiger partial charge in [0, 0.05) is 12.5 Å². The number of benzene rings is 1. The van der Waals surface area contributed by atoms with Gasteiger partial charge in [-0.3, -0.25) is 4.79 Å². The first kappa shape index (κ1) is 29.7. The number of alkyl halides is 3. The van der Waals surface area contributed by atoms with Crippen LogP contribution in [0.1, 0.15) is 74.0 Å². The molecule has 0 saturated heterocycles. The normalized spacial score (nSPS) is 16.6. The van der Waals surface area contributed by atoms with E-state index in [-0.39, 0.29) is 55.8 Å². The van der Waals surface area contributed by atoms with Crippen molar-refractivity contribution in [2.45, 2.75) is 45.5 Å². The van der Waals surface area contributed by atoms with Crippen LogP contribution in [0.15, 0.2) is 24.3 Å². The average molecular weight is 619 g/mol. The second-order valence-electron chi connectivity index (χ2n) is 8.68. The zero-order valence-electron chi connectivity index (χ0n) is 21.3. The van der Waals surface area contributed by atoms with Crippen LogP contribution in [0.4, 0.5) is 24.0 Å². The molecule has 3 heterocycles. The summed E-state index contributed by atoms with van der Waals surface area (Å²) >= 11 is 12.8. The van der Waals surface area contributed by atoms with Gasteiger partial charge in [0.2, 0.25) is 0 Å². The number of aromatic nitrogens is 2. The van der Waals surface area contributed by atoms with Crippen LogP contribution in [0.3, 0.4) is 0 Å². The molecule has 2 aromatic heterocycles. The molecule has 0 fully saturated rings. The van der Waals surface area contributed by atoms with Gasteiger partial charge in [-0.2, -0.15) is 18.3 Å². The number of nitrogens with zero attached hydrogens (tertiary/aromatic N) is 2. The van der Waals surface area contributed by atoms with Gasteiger partial charge in [0.15, 0.2) is 11.7 Å². The third-order valence-corrected chi connectivity index (χ3v) is 8.01. The van der Waals surface area contributed by atoms with Crippen molar-refractivity contribution < 1.29 is 37.0 Å². The average Bonchev–Trinajstić information content (AvgIpc) is 3.45. The summed E-state index contributed by atoms with van der Waals surface area (Å²) in [7, 11) is 0. The lowest BCUT2D eigenvalue weighted by Crippen LogP contribution is -2.35. The van der Waals surface area contributed by atoms with E-state index < -0.39 is 42.5 Å². The van der Waals surface area contributed by atoms with Crippen LogP contribution in [0.25, 0.3) is 0 Å². The van der Waals surface area contributed by atoms with E-state index in [0.29, 0.717) is 10.2 Å². The molecular weight excluding hydrogens is 596 g/mol. The Morgan fingerprint density at radius 2 is 1.80 bits per heavy atom. The zero-order valence-corrected chi connectivity index (χ0v) is 23.6. The standard InChI is InChI=1S/C25H23Cl2F3N4O5S/c1-4-38-23(36)19-11(3)20(24(37)39-5-2)40-22(19)32-21(35)16-10-18-31-15(12-6-7-13(26)14(27)8-12)9-17(25(28,29)30)34(18)33-16/h6-8,10,15,17,31H,4-5,9H2,1-3H3,(H,32,35)/t15-,17-/m1/s1. The Hall–Kier alpha value is -3.29. The monoisotopic (exact) mass is 618 g/mol. The summed E-state index contributed by atoms with van der Waals surface area (Å²) in [6.07, 6.45) is -5.10. The fourth-order valence-electron chi connectivity index (χ4n) is 4.24. The first-order chi connectivity index (χ1) is 18.8. The van der Waals surface area contributed by atoms with Crippen molar-refractivity contribution in [2.24, 2.45) is 0 Å². The molecule has 0 spiro atoms. The van der Waals surface area contributed by atoms with Crippen LogP contribution in [-0.4, -0.2) is 47.0 Å². The number of ether oxygens (including phenoxy) is 2. The molecule has 0 aliphatic carbocycles. The van der Waals surface area contributed by atoms with Crippen LogP contribution >= 0.6 is 34.5 Å². The molecule has 40 heavy (non-hydrogen) atoms. The highest BCUT2D eigenvalue weighted by atomic mass is 35.5. The van der Waals surface area contributed by atoms with Gasteiger partial charge in [-0.05, 0) is 44.0 Å². The molecule has 3 aromatic rings. The molecule has 1 aliphatic rings. The van der Waals surface area contributed by atoms with Crippen LogP contribution in [-0.2, 0) is 9.47 Å². The topological polar surface area (TPSA) is 112 Å². The van der Waals surface area contributed by atoms with E-state index in [9.17, 15) is 27.6 Å². The lowest BCUT2D eigenvalue weighted by Gasteiger charge is -2.33. The molecule has 2 atom stereocenters. The summed E-state index contributed by atoms with van der Waals surface area (Å²) in [6.45, 7) is 4.83. The summed E-state index contributed by atoms with van der Waals surface area (Å²) in [5, 5.41) is 9.83. The van der Waals surface area contributed by atoms with Crippen molar-refractivity contribution in [2.75, 3.05) is 23.8 Å². The smallest absolute Gasteiger partial charge is 0.410 e. The highest BCUT2D eigenvalue weighted by Crippen LogP contribution is 2.44. The van der Waals surface area contributed by atoms with Gasteiger partial charge in [0.25, 0.3) is 5.91 Å². The number of anilines is 2. The Kier molecular flexibility index (Phi) is 8.66. The first-order valence-electron chi connectivity index (χ1n) is 12.0. The van der Waals surface area contributed by atoms with E-state index in [0.717, 1.165) is 11.3 Å². The second-order valence-corrected chi connectivity index (χ2v) is 10.5. The Bertz CT molecular complexity index is 1470. The molecule has 15 heteroatoms. The van der Waals surface area contributed by atoms with E-state index in [4.69, 9.17) is 32.7 Å². The molecule has 0 saturated carbocycles. The minimum atomic E-state index is -4.68. The summed E-state index contributed by atoms with van der Waals surface area (Å²) in [5.41, 5.74) is 0.314. The van der Waals surface area contributed by atoms with E-state index >= 15 is 0 Å². The third kappa shape index (κ3) is 5.91. The lowest BCUT2D eigenvalue weighted by atomic mass is 9.97. The Labute approximate surface area is 240 Å². The molecule has 214 valence electrons. The molecule has 0 unspecified atom stereocenters. The number of esters is 2. The Morgan fingerprint density at radius 3 is 2.42 bits per heavy atom. The van der Waals surface area contributed by atoms with Crippen molar-refractivity contribution in [1.29, 1.82) is 0 Å². The van der Waals surface area contributed by atoms with E-state index in [1.807, 2.05) is 0 Å². The Morgan fingerprint density at radius 1 is 1.12 bits per heavy atom. The molecule has 1 amide bonds. The van der Waals surface area contributed by atoms with Gasteiger partial charge in [-0.25, -0.2) is 14.3 Å². The quantitative estimate of drug-likeness (QED) is 0.279. The maximum absolute atomic E-state index is 14.1. The van der Waals surface area contributed by atoms with Gasteiger partial charge >= 0.3 is 18.1 Å². The molecular formula is C25H23Cl2F3N4O5S. The molecule has 9 nitrogen and oxygen atoms in total. The number of rotatable bonds is 7. The number of thiophene rings is 1. The number of halogens is 5. The van der Waals surface area contributed by atoms with Gasteiger partial charge in [0.1, 0.15) is 15.7 Å². The summed E-state index contributed by atoms with van der Waals surface area (Å²) in [5.74, 6) is -2.42. The maximum atomic E-state index is 14.1. The number of carbonyl (C=O) groups is 3. The Balaban J connectivity index is 1.68. The largest absolute Gasteiger partial charge is 0.462 e. The predicted molar refractivity (Wildman–Crippen MR) is 144 cm³/mol. The van der Waals surface area contributed by atoms with Gasteiger partial charge in [-0.15, -0.1) is 11.3 Å². The number of carbonyl (C=O) groups excluding carboxylic acids is 3. The zero-order chi connectivity index (χ0) is 29.4. The van der Waals surface area contributed by atoms with Crippen LogP contribution in [0.2, 0.25) is 10.0 Å². The molecule has 1 aliphatic heterocycles. The van der Waals surface area contributed by atoms with Gasteiger partial charge in [0.05, 0.1) is 34.9 Å². The number of fused-ring (bicyclic) bond motifs is 1. The summed E-state index contributed by atoms with van der Waals surface area (Å²) < 4.78 is 53.0.